The SMILES string of the molecule is CC(CCCC(=O)O)NC(=O)[C@@H](N)c1ccccc1. The van der Waals surface area contributed by atoms with E-state index in [4.69, 9.17) is 10.8 Å². The van der Waals surface area contributed by atoms with Gasteiger partial charge in [0.25, 0.3) is 0 Å². The van der Waals surface area contributed by atoms with Gasteiger partial charge in [-0.05, 0) is 25.3 Å². The number of carbonyl (C=O) groups excluding carboxylic acids is 1. The number of benzene rings is 1. The van der Waals surface area contributed by atoms with Crippen LogP contribution in [0.1, 0.15) is 37.8 Å². The van der Waals surface area contributed by atoms with E-state index in [-0.39, 0.29) is 18.4 Å². The lowest BCUT2D eigenvalue weighted by atomic mass is 10.1. The van der Waals surface area contributed by atoms with Crippen LogP contribution in [-0.2, 0) is 9.59 Å². The third-order valence-electron chi connectivity index (χ3n) is 2.86. The highest BCUT2D eigenvalue weighted by atomic mass is 16.4. The minimum atomic E-state index is -0.820. The molecule has 0 fully saturated rings. The molecule has 0 aromatic heterocycles. The highest BCUT2D eigenvalue weighted by Crippen LogP contribution is 2.10. The summed E-state index contributed by atoms with van der Waals surface area (Å²) in [6.07, 6.45) is 1.28. The van der Waals surface area contributed by atoms with Gasteiger partial charge in [-0.25, -0.2) is 0 Å². The second-order valence-corrected chi connectivity index (χ2v) is 4.58. The first kappa shape index (κ1) is 15.2. The summed E-state index contributed by atoms with van der Waals surface area (Å²) in [6.45, 7) is 1.84. The molecule has 0 aliphatic rings. The molecule has 0 radical (unpaired) electrons. The van der Waals surface area contributed by atoms with Gasteiger partial charge in [0.2, 0.25) is 5.91 Å². The Bertz CT molecular complexity index is 420. The van der Waals surface area contributed by atoms with Crippen molar-refractivity contribution in [2.24, 2.45) is 5.73 Å². The van der Waals surface area contributed by atoms with Gasteiger partial charge in [0, 0.05) is 12.5 Å². The number of carbonyl (C=O) groups is 2. The quantitative estimate of drug-likeness (QED) is 0.695. The Labute approximate surface area is 112 Å². The molecule has 0 saturated heterocycles. The van der Waals surface area contributed by atoms with Crippen LogP contribution in [0.25, 0.3) is 0 Å². The Balaban J connectivity index is 2.39. The molecule has 0 aliphatic carbocycles. The maximum atomic E-state index is 11.9. The monoisotopic (exact) mass is 264 g/mol. The van der Waals surface area contributed by atoms with Crippen LogP contribution in [0.5, 0.6) is 0 Å². The molecular formula is C14H20N2O3. The molecule has 0 heterocycles. The van der Waals surface area contributed by atoms with Gasteiger partial charge in [0.05, 0.1) is 0 Å². The predicted octanol–water partition coefficient (Wildman–Crippen LogP) is 1.45. The molecule has 19 heavy (non-hydrogen) atoms. The highest BCUT2D eigenvalue weighted by molar-refractivity contribution is 5.83. The summed E-state index contributed by atoms with van der Waals surface area (Å²) >= 11 is 0. The first-order chi connectivity index (χ1) is 9.00. The summed E-state index contributed by atoms with van der Waals surface area (Å²) in [6, 6.07) is 8.36. The lowest BCUT2D eigenvalue weighted by molar-refractivity contribution is -0.137. The third-order valence-corrected chi connectivity index (χ3v) is 2.86. The van der Waals surface area contributed by atoms with Crippen LogP contribution in [0.4, 0.5) is 0 Å². The summed E-state index contributed by atoms with van der Waals surface area (Å²) in [7, 11) is 0. The number of carboxylic acid groups (broad SMARTS) is 1. The van der Waals surface area contributed by atoms with Gasteiger partial charge in [-0.2, -0.15) is 0 Å². The summed E-state index contributed by atoms with van der Waals surface area (Å²) in [5.74, 6) is -1.06. The normalized spacial score (nSPS) is 13.6. The Morgan fingerprint density at radius 3 is 2.53 bits per heavy atom. The molecular weight excluding hydrogens is 244 g/mol. The number of nitrogens with two attached hydrogens (primary N) is 1. The smallest absolute Gasteiger partial charge is 0.303 e. The van der Waals surface area contributed by atoms with E-state index in [1.54, 1.807) is 12.1 Å². The second kappa shape index (κ2) is 7.53. The Hall–Kier alpha value is -1.88. The van der Waals surface area contributed by atoms with Crippen LogP contribution >= 0.6 is 0 Å². The van der Waals surface area contributed by atoms with Crippen LogP contribution in [0, 0.1) is 0 Å². The Morgan fingerprint density at radius 1 is 1.32 bits per heavy atom. The molecule has 1 aromatic rings. The maximum Gasteiger partial charge on any atom is 0.303 e. The maximum absolute atomic E-state index is 11.9. The summed E-state index contributed by atoms with van der Waals surface area (Å²) in [5, 5.41) is 11.3. The minimum absolute atomic E-state index is 0.0818. The molecule has 5 nitrogen and oxygen atoms in total. The number of rotatable bonds is 7. The topological polar surface area (TPSA) is 92.4 Å². The van der Waals surface area contributed by atoms with Crippen molar-refractivity contribution in [3.05, 3.63) is 35.9 Å². The number of aliphatic carboxylic acids is 1. The van der Waals surface area contributed by atoms with Gasteiger partial charge in [-0.1, -0.05) is 30.3 Å². The van der Waals surface area contributed by atoms with E-state index in [0.717, 1.165) is 5.56 Å². The zero-order chi connectivity index (χ0) is 14.3. The number of amides is 1. The number of carboxylic acids is 1. The van der Waals surface area contributed by atoms with Crippen molar-refractivity contribution in [2.45, 2.75) is 38.3 Å². The van der Waals surface area contributed by atoms with Gasteiger partial charge in [0.1, 0.15) is 6.04 Å². The standard InChI is InChI=1S/C14H20N2O3/c1-10(6-5-9-12(17)18)16-14(19)13(15)11-7-3-2-4-8-11/h2-4,7-8,10,13H,5-6,9,15H2,1H3,(H,16,19)(H,17,18)/t10?,13-/m0/s1. The van der Waals surface area contributed by atoms with Crippen LogP contribution in [0.15, 0.2) is 30.3 Å². The molecule has 0 spiro atoms. The first-order valence-corrected chi connectivity index (χ1v) is 6.33. The van der Waals surface area contributed by atoms with Gasteiger partial charge >= 0.3 is 5.97 Å². The van der Waals surface area contributed by atoms with Crippen molar-refractivity contribution in [3.8, 4) is 0 Å². The van der Waals surface area contributed by atoms with E-state index in [2.05, 4.69) is 5.32 Å². The fourth-order valence-corrected chi connectivity index (χ4v) is 1.78. The molecule has 1 unspecified atom stereocenters. The van der Waals surface area contributed by atoms with Crippen molar-refractivity contribution < 1.29 is 14.7 Å². The van der Waals surface area contributed by atoms with E-state index >= 15 is 0 Å². The molecule has 0 aliphatic heterocycles. The summed E-state index contributed by atoms with van der Waals surface area (Å²) in [5.41, 5.74) is 6.62. The van der Waals surface area contributed by atoms with Crippen molar-refractivity contribution >= 4 is 11.9 Å². The molecule has 4 N–H and O–H groups in total. The summed E-state index contributed by atoms with van der Waals surface area (Å²) in [4.78, 5) is 22.3. The fourth-order valence-electron chi connectivity index (χ4n) is 1.78. The predicted molar refractivity (Wildman–Crippen MR) is 72.5 cm³/mol. The number of hydrogen-bond acceptors (Lipinski definition) is 3. The molecule has 1 aromatic carbocycles. The number of nitrogens with one attached hydrogen (secondary N) is 1. The highest BCUT2D eigenvalue weighted by Gasteiger charge is 2.17. The largest absolute Gasteiger partial charge is 0.481 e. The number of hydrogen-bond donors (Lipinski definition) is 3. The van der Waals surface area contributed by atoms with E-state index in [9.17, 15) is 9.59 Å². The van der Waals surface area contributed by atoms with Crippen molar-refractivity contribution in [1.82, 2.24) is 5.32 Å². The Kier molecular flexibility index (Phi) is 6.02. The van der Waals surface area contributed by atoms with Crippen LogP contribution in [-0.4, -0.2) is 23.0 Å². The lowest BCUT2D eigenvalue weighted by Gasteiger charge is -2.17. The van der Waals surface area contributed by atoms with E-state index in [1.165, 1.54) is 0 Å². The van der Waals surface area contributed by atoms with Crippen LogP contribution in [0.2, 0.25) is 0 Å². The molecule has 5 heteroatoms. The second-order valence-electron chi connectivity index (χ2n) is 4.58. The van der Waals surface area contributed by atoms with Gasteiger partial charge in [-0.15, -0.1) is 0 Å². The molecule has 2 atom stereocenters. The molecule has 0 saturated carbocycles. The van der Waals surface area contributed by atoms with Crippen molar-refractivity contribution in [3.63, 3.8) is 0 Å². The average Bonchev–Trinajstić information content (AvgIpc) is 2.38. The molecule has 1 rings (SSSR count). The lowest BCUT2D eigenvalue weighted by Crippen LogP contribution is -2.39. The third kappa shape index (κ3) is 5.52. The average molecular weight is 264 g/mol. The minimum Gasteiger partial charge on any atom is -0.481 e. The van der Waals surface area contributed by atoms with Crippen molar-refractivity contribution in [2.75, 3.05) is 0 Å². The van der Waals surface area contributed by atoms with Gasteiger partial charge < -0.3 is 16.2 Å². The van der Waals surface area contributed by atoms with Crippen LogP contribution in [0.3, 0.4) is 0 Å². The zero-order valence-electron chi connectivity index (χ0n) is 11.0. The van der Waals surface area contributed by atoms with Gasteiger partial charge in [-0.3, -0.25) is 9.59 Å². The Morgan fingerprint density at radius 2 is 1.95 bits per heavy atom. The first-order valence-electron chi connectivity index (χ1n) is 6.33. The zero-order valence-corrected chi connectivity index (χ0v) is 11.0. The van der Waals surface area contributed by atoms with E-state index in [0.29, 0.717) is 12.8 Å². The van der Waals surface area contributed by atoms with E-state index in [1.807, 2.05) is 25.1 Å². The summed E-state index contributed by atoms with van der Waals surface area (Å²) < 4.78 is 0. The van der Waals surface area contributed by atoms with E-state index < -0.39 is 12.0 Å². The van der Waals surface area contributed by atoms with Gasteiger partial charge in [0.15, 0.2) is 0 Å². The fraction of sp³-hybridized carbons (Fsp3) is 0.429. The van der Waals surface area contributed by atoms with Crippen molar-refractivity contribution in [1.29, 1.82) is 0 Å². The molecule has 1 amide bonds. The molecule has 0 bridgehead atoms. The van der Waals surface area contributed by atoms with Crippen LogP contribution < -0.4 is 11.1 Å². The molecule has 104 valence electrons.